The number of ether oxygens (including phenoxy) is 1. The highest BCUT2D eigenvalue weighted by Gasteiger charge is 2.30. The summed E-state index contributed by atoms with van der Waals surface area (Å²) in [6, 6.07) is 17.4. The summed E-state index contributed by atoms with van der Waals surface area (Å²) < 4.78 is 4.93. The van der Waals surface area contributed by atoms with Crippen LogP contribution in [0, 0.1) is 0 Å². The van der Waals surface area contributed by atoms with Crippen LogP contribution in [0.4, 0.5) is 5.69 Å². The van der Waals surface area contributed by atoms with Crippen molar-refractivity contribution < 1.29 is 14.3 Å². The number of rotatable bonds is 8. The first-order valence-corrected chi connectivity index (χ1v) is 9.64. The van der Waals surface area contributed by atoms with Gasteiger partial charge in [-0.05, 0) is 42.7 Å². The summed E-state index contributed by atoms with van der Waals surface area (Å²) in [5.41, 5.74) is 2.49. The first-order chi connectivity index (χ1) is 13.7. The summed E-state index contributed by atoms with van der Waals surface area (Å²) in [5, 5.41) is 5.82. The van der Waals surface area contributed by atoms with E-state index < -0.39 is 0 Å². The molecular formula is C22H28ClN3O3. The summed E-state index contributed by atoms with van der Waals surface area (Å²) in [6.07, 6.45) is 2.00. The minimum absolute atomic E-state index is 0. The van der Waals surface area contributed by atoms with Gasteiger partial charge >= 0.3 is 0 Å². The van der Waals surface area contributed by atoms with E-state index in [0.29, 0.717) is 24.4 Å². The van der Waals surface area contributed by atoms with Crippen molar-refractivity contribution in [2.75, 3.05) is 38.7 Å². The molecule has 2 N–H and O–H groups in total. The Hall–Kier alpha value is -2.41. The van der Waals surface area contributed by atoms with E-state index in [4.69, 9.17) is 4.74 Å². The molecule has 0 spiro atoms. The second kappa shape index (κ2) is 11.6. The van der Waals surface area contributed by atoms with Crippen molar-refractivity contribution in [3.05, 3.63) is 65.7 Å². The summed E-state index contributed by atoms with van der Waals surface area (Å²) in [4.78, 5) is 26.8. The highest BCUT2D eigenvalue weighted by atomic mass is 35.5. The number of carbonyl (C=O) groups is 2. The van der Waals surface area contributed by atoms with E-state index in [-0.39, 0.29) is 36.8 Å². The van der Waals surface area contributed by atoms with E-state index >= 15 is 0 Å². The second-order valence-electron chi connectivity index (χ2n) is 6.86. The monoisotopic (exact) mass is 417 g/mol. The number of hydrogen-bond acceptors (Lipinski definition) is 4. The summed E-state index contributed by atoms with van der Waals surface area (Å²) >= 11 is 0. The zero-order valence-electron chi connectivity index (χ0n) is 16.6. The van der Waals surface area contributed by atoms with Crippen LogP contribution in [0.5, 0.6) is 0 Å². The lowest BCUT2D eigenvalue weighted by Gasteiger charge is -2.25. The van der Waals surface area contributed by atoms with Crippen LogP contribution in [0.1, 0.15) is 34.8 Å². The van der Waals surface area contributed by atoms with Gasteiger partial charge in [0, 0.05) is 31.5 Å². The third kappa shape index (κ3) is 6.29. The van der Waals surface area contributed by atoms with Crippen LogP contribution >= 0.6 is 12.4 Å². The minimum Gasteiger partial charge on any atom is -0.383 e. The second-order valence-corrected chi connectivity index (χ2v) is 6.86. The maximum absolute atomic E-state index is 13.0. The van der Waals surface area contributed by atoms with Gasteiger partial charge in [-0.2, -0.15) is 0 Å². The zero-order chi connectivity index (χ0) is 19.8. The lowest BCUT2D eigenvalue weighted by molar-refractivity contribution is -0.115. The number of hydrogen-bond donors (Lipinski definition) is 2. The Morgan fingerprint density at radius 1 is 1.10 bits per heavy atom. The molecule has 2 aromatic carbocycles. The Morgan fingerprint density at radius 2 is 1.83 bits per heavy atom. The maximum Gasteiger partial charge on any atom is 0.254 e. The van der Waals surface area contributed by atoms with Gasteiger partial charge in [-0.15, -0.1) is 12.4 Å². The topological polar surface area (TPSA) is 70.7 Å². The summed E-state index contributed by atoms with van der Waals surface area (Å²) in [6.45, 7) is 2.17. The Balaban J connectivity index is 0.00000300. The Kier molecular flexibility index (Phi) is 9.12. The van der Waals surface area contributed by atoms with Crippen LogP contribution in [-0.2, 0) is 9.53 Å². The molecule has 1 atom stereocenters. The largest absolute Gasteiger partial charge is 0.383 e. The van der Waals surface area contributed by atoms with Gasteiger partial charge in [0.15, 0.2) is 0 Å². The standard InChI is InChI=1S/C22H27N3O3.ClH/c1-28-15-13-23-16-21(26)24-19-11-9-18(10-12-19)22(27)25-14-5-8-20(25)17-6-3-2-4-7-17;/h2-4,6-7,9-12,20,23H,5,8,13-16H2,1H3,(H,24,26);1H. The van der Waals surface area contributed by atoms with E-state index in [1.54, 1.807) is 31.4 Å². The van der Waals surface area contributed by atoms with Crippen LogP contribution in [0.2, 0.25) is 0 Å². The van der Waals surface area contributed by atoms with Crippen molar-refractivity contribution in [2.24, 2.45) is 0 Å². The molecule has 2 aromatic rings. The van der Waals surface area contributed by atoms with Crippen LogP contribution in [0.3, 0.4) is 0 Å². The smallest absolute Gasteiger partial charge is 0.254 e. The number of nitrogens with zero attached hydrogens (tertiary/aromatic N) is 1. The first-order valence-electron chi connectivity index (χ1n) is 9.64. The fraction of sp³-hybridized carbons (Fsp3) is 0.364. The molecule has 0 aromatic heterocycles. The molecule has 0 bridgehead atoms. The molecule has 156 valence electrons. The highest BCUT2D eigenvalue weighted by Crippen LogP contribution is 2.33. The quantitative estimate of drug-likeness (QED) is 0.647. The number of anilines is 1. The number of halogens is 1. The Labute approximate surface area is 178 Å². The van der Waals surface area contributed by atoms with Crippen LogP contribution in [0.15, 0.2) is 54.6 Å². The number of amides is 2. The van der Waals surface area contributed by atoms with Gasteiger partial charge in [0.1, 0.15) is 0 Å². The molecule has 3 rings (SSSR count). The van der Waals surface area contributed by atoms with Crippen LogP contribution in [-0.4, -0.2) is 50.1 Å². The van der Waals surface area contributed by atoms with Crippen LogP contribution in [0.25, 0.3) is 0 Å². The van der Waals surface area contributed by atoms with E-state index in [1.165, 1.54) is 5.56 Å². The van der Waals surface area contributed by atoms with Gasteiger partial charge in [-0.1, -0.05) is 30.3 Å². The molecule has 6 nitrogen and oxygen atoms in total. The van der Waals surface area contributed by atoms with Crippen molar-refractivity contribution in [1.82, 2.24) is 10.2 Å². The SMILES string of the molecule is COCCNCC(=O)Nc1ccc(C(=O)N2CCCC2c2ccccc2)cc1.Cl. The van der Waals surface area contributed by atoms with Gasteiger partial charge in [0.25, 0.3) is 5.91 Å². The van der Waals surface area contributed by atoms with Gasteiger partial charge < -0.3 is 20.3 Å². The zero-order valence-corrected chi connectivity index (χ0v) is 17.4. The molecule has 7 heteroatoms. The predicted octanol–water partition coefficient (Wildman–Crippen LogP) is 3.26. The number of nitrogens with one attached hydrogen (secondary N) is 2. The molecule has 1 aliphatic rings. The fourth-order valence-electron chi connectivity index (χ4n) is 3.47. The fourth-order valence-corrected chi connectivity index (χ4v) is 3.47. The highest BCUT2D eigenvalue weighted by molar-refractivity contribution is 5.96. The molecule has 1 heterocycles. The lowest BCUT2D eigenvalue weighted by Crippen LogP contribution is -2.31. The number of likely N-dealkylation sites (tertiary alicyclic amines) is 1. The Bertz CT molecular complexity index is 784. The molecule has 2 amide bonds. The first kappa shape index (κ1) is 22.9. The molecule has 1 aliphatic heterocycles. The minimum atomic E-state index is -0.126. The van der Waals surface area contributed by atoms with Crippen molar-refractivity contribution in [2.45, 2.75) is 18.9 Å². The average molecular weight is 418 g/mol. The van der Waals surface area contributed by atoms with Crippen molar-refractivity contribution in [3.63, 3.8) is 0 Å². The predicted molar refractivity (Wildman–Crippen MR) is 117 cm³/mol. The number of carbonyl (C=O) groups excluding carboxylic acids is 2. The third-order valence-electron chi connectivity index (χ3n) is 4.88. The van der Waals surface area contributed by atoms with Gasteiger partial charge in [0.2, 0.25) is 5.91 Å². The van der Waals surface area contributed by atoms with E-state index in [1.807, 2.05) is 23.1 Å². The molecule has 1 unspecified atom stereocenters. The molecular weight excluding hydrogens is 390 g/mol. The lowest BCUT2D eigenvalue weighted by atomic mass is 10.0. The molecule has 1 fully saturated rings. The van der Waals surface area contributed by atoms with Gasteiger partial charge in [-0.3, -0.25) is 9.59 Å². The summed E-state index contributed by atoms with van der Waals surface area (Å²) in [7, 11) is 1.62. The number of methoxy groups -OCH3 is 1. The molecule has 1 saturated heterocycles. The number of benzene rings is 2. The van der Waals surface area contributed by atoms with Crippen molar-refractivity contribution >= 4 is 29.9 Å². The van der Waals surface area contributed by atoms with Gasteiger partial charge in [-0.25, -0.2) is 0 Å². The van der Waals surface area contributed by atoms with E-state index in [2.05, 4.69) is 22.8 Å². The summed E-state index contributed by atoms with van der Waals surface area (Å²) in [5.74, 6) is -0.0932. The normalized spacial score (nSPS) is 15.6. The van der Waals surface area contributed by atoms with Gasteiger partial charge in [0.05, 0.1) is 19.2 Å². The Morgan fingerprint density at radius 3 is 2.52 bits per heavy atom. The van der Waals surface area contributed by atoms with Crippen molar-refractivity contribution in [3.8, 4) is 0 Å². The molecule has 0 radical (unpaired) electrons. The van der Waals surface area contributed by atoms with Crippen molar-refractivity contribution in [1.29, 1.82) is 0 Å². The average Bonchev–Trinajstić information content (AvgIpc) is 3.22. The third-order valence-corrected chi connectivity index (χ3v) is 4.88. The maximum atomic E-state index is 13.0. The van der Waals surface area contributed by atoms with E-state index in [0.717, 1.165) is 19.4 Å². The molecule has 0 aliphatic carbocycles. The van der Waals surface area contributed by atoms with E-state index in [9.17, 15) is 9.59 Å². The van der Waals surface area contributed by atoms with Crippen LogP contribution < -0.4 is 10.6 Å². The molecule has 0 saturated carbocycles. The molecule has 29 heavy (non-hydrogen) atoms.